The Morgan fingerprint density at radius 3 is 0.889 bits per heavy atom. The first-order valence-electron chi connectivity index (χ1n) is 1.23. The van der Waals surface area contributed by atoms with Crippen molar-refractivity contribution < 1.29 is 52.3 Å². The highest BCUT2D eigenvalue weighted by Gasteiger charge is 2.44. The number of hydrogen-bond acceptors (Lipinski definition) is 7. The molecule has 0 unspecified atom stereocenters. The Morgan fingerprint density at radius 2 is 0.889 bits per heavy atom. The molecule has 0 fully saturated rings. The zero-order valence-corrected chi connectivity index (χ0v) is 5.13. The molecule has 0 amide bonds. The third kappa shape index (κ3) is 8.30. The fraction of sp³-hybridized carbons (Fsp3) is 0. The summed E-state index contributed by atoms with van der Waals surface area (Å²) in [5.41, 5.74) is 0. The molecule has 0 heterocycles. The van der Waals surface area contributed by atoms with Crippen LogP contribution in [0.2, 0.25) is 0 Å². The lowest BCUT2D eigenvalue weighted by atomic mass is 15.8. The van der Waals surface area contributed by atoms with Gasteiger partial charge in [-0.05, 0) is 0 Å². The fourth-order valence-electron chi connectivity index (χ4n) is 0.0875. The van der Waals surface area contributed by atoms with Gasteiger partial charge in [-0.2, -0.15) is 28.0 Å². The molecule has 0 aliphatic heterocycles. The summed E-state index contributed by atoms with van der Waals surface area (Å²) >= 11 is 0. The van der Waals surface area contributed by atoms with E-state index in [1.165, 1.54) is 0 Å². The summed E-state index contributed by atoms with van der Waals surface area (Å²) in [4.78, 5) is 0. The minimum Gasteiger partial charge on any atom is -0.169 e. The van der Waals surface area contributed by atoms with Crippen LogP contribution in [0.3, 0.4) is 0 Å². The Kier molecular flexibility index (Phi) is 2.58. The zero-order valence-electron chi connectivity index (χ0n) is 3.61. The molecule has 7 nitrogen and oxygen atoms in total. The highest BCUT2D eigenvalue weighted by atomic mass is 35.7. The van der Waals surface area contributed by atoms with Gasteiger partial charge in [-0.15, -0.1) is 0 Å². The second-order valence-corrected chi connectivity index (χ2v) is 2.79. The number of hydrogen-bond donors (Lipinski definition) is 0. The summed E-state index contributed by atoms with van der Waals surface area (Å²) < 4.78 is 57.9. The van der Waals surface area contributed by atoms with Crippen LogP contribution in [-0.2, 0) is 3.84 Å². The SMILES string of the molecule is [O-][Cl+3]([O-])([O-])O[Cl+3]([O-])([O-])[O-]. The van der Waals surface area contributed by atoms with E-state index in [4.69, 9.17) is 0 Å². The van der Waals surface area contributed by atoms with Crippen molar-refractivity contribution >= 4 is 0 Å². The molecule has 0 aliphatic rings. The molecular weight excluding hydrogens is 183 g/mol. The van der Waals surface area contributed by atoms with Gasteiger partial charge < -0.3 is 0 Å². The molecule has 0 aromatic heterocycles. The summed E-state index contributed by atoms with van der Waals surface area (Å²) in [6, 6.07) is 0. The van der Waals surface area contributed by atoms with Crippen molar-refractivity contribution in [1.82, 2.24) is 0 Å². The highest BCUT2D eigenvalue weighted by Crippen LogP contribution is 1.95. The van der Waals surface area contributed by atoms with Crippen molar-refractivity contribution in [2.45, 2.75) is 0 Å². The van der Waals surface area contributed by atoms with E-state index < -0.39 is 20.5 Å². The maximum Gasteiger partial charge on any atom is 0.517 e. The van der Waals surface area contributed by atoms with Crippen LogP contribution in [0.4, 0.5) is 0 Å². The molecule has 0 aliphatic carbocycles. The summed E-state index contributed by atoms with van der Waals surface area (Å²) in [5.74, 6) is 0. The van der Waals surface area contributed by atoms with E-state index in [1.807, 2.05) is 0 Å². The van der Waals surface area contributed by atoms with Gasteiger partial charge in [-0.25, -0.2) is 0 Å². The first-order valence-corrected chi connectivity index (χ1v) is 3.70. The van der Waals surface area contributed by atoms with Crippen molar-refractivity contribution in [1.29, 1.82) is 0 Å². The maximum atomic E-state index is 9.26. The van der Waals surface area contributed by atoms with Gasteiger partial charge in [0.05, 0.1) is 0 Å². The summed E-state index contributed by atoms with van der Waals surface area (Å²) in [6.07, 6.45) is 0. The van der Waals surface area contributed by atoms with Crippen molar-refractivity contribution in [3.63, 3.8) is 0 Å². The lowest BCUT2D eigenvalue weighted by Gasteiger charge is -2.08. The van der Waals surface area contributed by atoms with Crippen LogP contribution in [0.1, 0.15) is 0 Å². The molecule has 0 aromatic rings. The largest absolute Gasteiger partial charge is 0.517 e. The van der Waals surface area contributed by atoms with Gasteiger partial charge in [0.15, 0.2) is 0 Å². The van der Waals surface area contributed by atoms with Gasteiger partial charge >= 0.3 is 3.84 Å². The van der Waals surface area contributed by atoms with Crippen LogP contribution in [-0.4, -0.2) is 0 Å². The Bertz CT molecular complexity index is 72.1. The fourth-order valence-corrected chi connectivity index (χ4v) is 0.787. The van der Waals surface area contributed by atoms with E-state index in [2.05, 4.69) is 3.84 Å². The van der Waals surface area contributed by atoms with Gasteiger partial charge in [0, 0.05) is 0 Å². The standard InChI is InChI=1S/Cl2O7/c3-1(4,5)9-2(6,7)8. The third-order valence-electron chi connectivity index (χ3n) is 0.143. The van der Waals surface area contributed by atoms with Crippen LogP contribution in [0.5, 0.6) is 0 Å². The lowest BCUT2D eigenvalue weighted by molar-refractivity contribution is -2.08. The Hall–Kier alpha value is 0.300. The van der Waals surface area contributed by atoms with E-state index >= 15 is 0 Å². The normalized spacial score (nSPS) is 14.0. The van der Waals surface area contributed by atoms with Gasteiger partial charge in [-0.3, -0.25) is 0 Å². The topological polar surface area (TPSA) is 148 Å². The Balaban J connectivity index is 3.75. The van der Waals surface area contributed by atoms with Gasteiger partial charge in [0.2, 0.25) is 20.5 Å². The molecule has 9 heteroatoms. The Morgan fingerprint density at radius 1 is 0.667 bits per heavy atom. The van der Waals surface area contributed by atoms with Crippen LogP contribution >= 0.6 is 0 Å². The summed E-state index contributed by atoms with van der Waals surface area (Å²) in [7, 11) is -10.4. The van der Waals surface area contributed by atoms with Crippen LogP contribution in [0, 0.1) is 20.5 Å². The molecule has 0 aromatic carbocycles. The van der Waals surface area contributed by atoms with Crippen LogP contribution in [0.15, 0.2) is 0 Å². The van der Waals surface area contributed by atoms with Crippen LogP contribution < -0.4 is 28.0 Å². The summed E-state index contributed by atoms with van der Waals surface area (Å²) in [5, 5.41) is 0. The second-order valence-electron chi connectivity index (χ2n) is 0.814. The lowest BCUT2D eigenvalue weighted by Crippen LogP contribution is -2.72. The van der Waals surface area contributed by atoms with Crippen molar-refractivity contribution in [3.8, 4) is 0 Å². The average Bonchev–Trinajstić information content (AvgIpc) is 1.14. The molecule has 0 radical (unpaired) electrons. The van der Waals surface area contributed by atoms with Crippen molar-refractivity contribution in [2.24, 2.45) is 0 Å². The van der Waals surface area contributed by atoms with Crippen molar-refractivity contribution in [2.75, 3.05) is 0 Å². The van der Waals surface area contributed by atoms with E-state index in [0.717, 1.165) is 0 Å². The van der Waals surface area contributed by atoms with E-state index in [1.54, 1.807) is 0 Å². The minimum atomic E-state index is -5.19. The second kappa shape index (κ2) is 2.50. The monoisotopic (exact) mass is 182 g/mol. The number of rotatable bonds is 2. The molecule has 0 N–H and O–H groups in total. The molecule has 0 atom stereocenters. The predicted molar refractivity (Wildman–Crippen MR) is 1.08 cm³/mol. The molecule has 9 heavy (non-hydrogen) atoms. The van der Waals surface area contributed by atoms with Gasteiger partial charge in [0.25, 0.3) is 0 Å². The summed E-state index contributed by atoms with van der Waals surface area (Å²) in [6.45, 7) is 0. The number of halogens is 2. The first kappa shape index (κ1) is 9.30. The van der Waals surface area contributed by atoms with Crippen molar-refractivity contribution in [3.05, 3.63) is 0 Å². The van der Waals surface area contributed by atoms with E-state index in [-0.39, 0.29) is 0 Å². The molecule has 0 spiro atoms. The van der Waals surface area contributed by atoms with Gasteiger partial charge in [0.1, 0.15) is 0 Å². The van der Waals surface area contributed by atoms with E-state index in [9.17, 15) is 28.0 Å². The molecular formula is Cl2O7. The molecule has 56 valence electrons. The molecule has 0 saturated heterocycles. The first-order chi connectivity index (χ1) is 3.71. The zero-order chi connectivity index (χ0) is 7.71. The Labute approximate surface area is 53.2 Å². The molecule has 0 bridgehead atoms. The maximum absolute atomic E-state index is 9.26. The van der Waals surface area contributed by atoms with Gasteiger partial charge in [-0.1, -0.05) is 0 Å². The van der Waals surface area contributed by atoms with E-state index in [0.29, 0.717) is 0 Å². The highest BCUT2D eigenvalue weighted by molar-refractivity contribution is 2.55. The minimum absolute atomic E-state index is 2.40. The molecule has 0 saturated carbocycles. The third-order valence-corrected chi connectivity index (χ3v) is 1.29. The molecule has 0 rings (SSSR count). The quantitative estimate of drug-likeness (QED) is 0.412. The van der Waals surface area contributed by atoms with Crippen LogP contribution in [0.25, 0.3) is 0 Å². The smallest absolute Gasteiger partial charge is 0.169 e. The predicted octanol–water partition coefficient (Wildman–Crippen LogP) is -7.20. The average molecular weight is 183 g/mol.